The molecule has 7 heteroatoms. The van der Waals surface area contributed by atoms with Crippen molar-refractivity contribution in [3.05, 3.63) is 69.7 Å². The van der Waals surface area contributed by atoms with Crippen LogP contribution in [0.25, 0.3) is 11.3 Å². The average molecular weight is 433 g/mol. The molecule has 5 nitrogen and oxygen atoms in total. The Morgan fingerprint density at radius 3 is 2.76 bits per heavy atom. The van der Waals surface area contributed by atoms with E-state index in [0.717, 1.165) is 16.9 Å². The van der Waals surface area contributed by atoms with Gasteiger partial charge in [-0.3, -0.25) is 4.79 Å². The van der Waals surface area contributed by atoms with Crippen molar-refractivity contribution in [2.45, 2.75) is 32.7 Å². The first-order valence-corrected chi connectivity index (χ1v) is 9.97. The molecule has 0 aliphatic rings. The van der Waals surface area contributed by atoms with Crippen molar-refractivity contribution in [1.29, 1.82) is 0 Å². The van der Waals surface area contributed by atoms with Crippen molar-refractivity contribution in [2.24, 2.45) is 0 Å². The van der Waals surface area contributed by atoms with E-state index in [2.05, 4.69) is 10.3 Å². The molecule has 0 spiro atoms. The molecule has 0 bridgehead atoms. The Bertz CT molecular complexity index is 1020. The third kappa shape index (κ3) is 5.31. The van der Waals surface area contributed by atoms with Crippen LogP contribution in [0, 0.1) is 6.92 Å². The SMILES string of the molecule is COc1ccc(C)cc1[C@@H](C)NC(=O)CCc1ncc(-c2ccc(Cl)cc2Cl)o1. The van der Waals surface area contributed by atoms with E-state index in [1.54, 1.807) is 31.5 Å². The Morgan fingerprint density at radius 1 is 1.24 bits per heavy atom. The first kappa shape index (κ1) is 21.2. The average Bonchev–Trinajstić information content (AvgIpc) is 3.15. The Kier molecular flexibility index (Phi) is 6.83. The summed E-state index contributed by atoms with van der Waals surface area (Å²) in [5.41, 5.74) is 2.76. The van der Waals surface area contributed by atoms with Gasteiger partial charge in [0.1, 0.15) is 5.75 Å². The summed E-state index contributed by atoms with van der Waals surface area (Å²) >= 11 is 12.1. The molecule has 0 saturated carbocycles. The standard InChI is InChI=1S/C22H22Cl2N2O3/c1-13-4-7-19(28-3)17(10-13)14(2)26-21(27)8-9-22-25-12-20(29-22)16-6-5-15(23)11-18(16)24/h4-7,10-12,14H,8-9H2,1-3H3,(H,26,27)/t14-/m1/s1. The predicted molar refractivity (Wildman–Crippen MR) is 115 cm³/mol. The lowest BCUT2D eigenvalue weighted by molar-refractivity contribution is -0.121. The zero-order valence-electron chi connectivity index (χ0n) is 16.5. The second-order valence-electron chi connectivity index (χ2n) is 6.78. The van der Waals surface area contributed by atoms with E-state index in [4.69, 9.17) is 32.4 Å². The van der Waals surface area contributed by atoms with Crippen LogP contribution in [-0.4, -0.2) is 18.0 Å². The number of hydrogen-bond donors (Lipinski definition) is 1. The quantitative estimate of drug-likeness (QED) is 0.513. The lowest BCUT2D eigenvalue weighted by Gasteiger charge is -2.18. The smallest absolute Gasteiger partial charge is 0.220 e. The number of aryl methyl sites for hydroxylation is 2. The van der Waals surface area contributed by atoms with Crippen LogP contribution in [0.15, 0.2) is 47.0 Å². The lowest BCUT2D eigenvalue weighted by atomic mass is 10.0. The number of carbonyl (C=O) groups is 1. The zero-order valence-corrected chi connectivity index (χ0v) is 18.0. The molecule has 1 aromatic heterocycles. The highest BCUT2D eigenvalue weighted by atomic mass is 35.5. The molecule has 29 heavy (non-hydrogen) atoms. The van der Waals surface area contributed by atoms with Gasteiger partial charge in [-0.15, -0.1) is 0 Å². The normalized spacial score (nSPS) is 11.9. The van der Waals surface area contributed by atoms with Gasteiger partial charge in [-0.1, -0.05) is 40.9 Å². The summed E-state index contributed by atoms with van der Waals surface area (Å²) in [6.07, 6.45) is 2.24. The van der Waals surface area contributed by atoms with Crippen LogP contribution in [0.4, 0.5) is 0 Å². The molecule has 3 rings (SSSR count). The molecule has 152 valence electrons. The predicted octanol–water partition coefficient (Wildman–Crippen LogP) is 5.78. The van der Waals surface area contributed by atoms with E-state index >= 15 is 0 Å². The number of nitrogens with one attached hydrogen (secondary N) is 1. The maximum Gasteiger partial charge on any atom is 0.220 e. The number of carbonyl (C=O) groups excluding carboxylic acids is 1. The van der Waals surface area contributed by atoms with Crippen LogP contribution in [-0.2, 0) is 11.2 Å². The number of nitrogens with zero attached hydrogens (tertiary/aromatic N) is 1. The molecule has 1 amide bonds. The maximum atomic E-state index is 12.4. The number of hydrogen-bond acceptors (Lipinski definition) is 4. The third-order valence-corrected chi connectivity index (χ3v) is 5.09. The number of rotatable bonds is 7. The molecule has 0 radical (unpaired) electrons. The van der Waals surface area contributed by atoms with Crippen LogP contribution < -0.4 is 10.1 Å². The van der Waals surface area contributed by atoms with Crippen molar-refractivity contribution in [1.82, 2.24) is 10.3 Å². The van der Waals surface area contributed by atoms with Crippen molar-refractivity contribution >= 4 is 29.1 Å². The van der Waals surface area contributed by atoms with Crippen molar-refractivity contribution < 1.29 is 13.9 Å². The van der Waals surface area contributed by atoms with Crippen LogP contribution >= 0.6 is 23.2 Å². The molecule has 0 unspecified atom stereocenters. The number of halogens is 2. The monoisotopic (exact) mass is 432 g/mol. The van der Waals surface area contributed by atoms with E-state index in [9.17, 15) is 4.79 Å². The molecule has 1 atom stereocenters. The lowest BCUT2D eigenvalue weighted by Crippen LogP contribution is -2.27. The van der Waals surface area contributed by atoms with Crippen LogP contribution in [0.5, 0.6) is 5.75 Å². The summed E-state index contributed by atoms with van der Waals surface area (Å²) in [4.78, 5) is 16.6. The summed E-state index contributed by atoms with van der Waals surface area (Å²) in [5.74, 6) is 1.67. The highest BCUT2D eigenvalue weighted by molar-refractivity contribution is 6.36. The van der Waals surface area contributed by atoms with Crippen LogP contribution in [0.1, 0.15) is 36.4 Å². The fraction of sp³-hybridized carbons (Fsp3) is 0.273. The first-order chi connectivity index (χ1) is 13.9. The number of benzene rings is 2. The summed E-state index contributed by atoms with van der Waals surface area (Å²) < 4.78 is 11.1. The van der Waals surface area contributed by atoms with Crippen molar-refractivity contribution in [3.63, 3.8) is 0 Å². The highest BCUT2D eigenvalue weighted by Crippen LogP contribution is 2.31. The maximum absolute atomic E-state index is 12.4. The summed E-state index contributed by atoms with van der Waals surface area (Å²) in [5, 5.41) is 4.03. The van der Waals surface area contributed by atoms with Gasteiger partial charge in [-0.25, -0.2) is 4.98 Å². The van der Waals surface area contributed by atoms with E-state index in [0.29, 0.717) is 33.7 Å². The number of ether oxygens (including phenoxy) is 1. The van der Waals surface area contributed by atoms with Gasteiger partial charge < -0.3 is 14.5 Å². The van der Waals surface area contributed by atoms with Gasteiger partial charge in [0.15, 0.2) is 11.7 Å². The Morgan fingerprint density at radius 2 is 2.03 bits per heavy atom. The number of aromatic nitrogens is 1. The van der Waals surface area contributed by atoms with E-state index in [-0.39, 0.29) is 18.4 Å². The van der Waals surface area contributed by atoms with Gasteiger partial charge in [-0.05, 0) is 38.1 Å². The Labute approximate surface area is 180 Å². The second kappa shape index (κ2) is 9.33. The van der Waals surface area contributed by atoms with E-state index < -0.39 is 0 Å². The van der Waals surface area contributed by atoms with Crippen molar-refractivity contribution in [3.8, 4) is 17.1 Å². The minimum atomic E-state index is -0.176. The van der Waals surface area contributed by atoms with Crippen LogP contribution in [0.2, 0.25) is 10.0 Å². The van der Waals surface area contributed by atoms with Gasteiger partial charge in [0.05, 0.1) is 24.4 Å². The largest absolute Gasteiger partial charge is 0.496 e. The minimum absolute atomic E-state index is 0.0923. The highest BCUT2D eigenvalue weighted by Gasteiger charge is 2.16. The molecule has 0 fully saturated rings. The summed E-state index contributed by atoms with van der Waals surface area (Å²) in [7, 11) is 1.62. The molecular formula is C22H22Cl2N2O3. The fourth-order valence-corrected chi connectivity index (χ4v) is 3.55. The molecular weight excluding hydrogens is 411 g/mol. The summed E-state index contributed by atoms with van der Waals surface area (Å²) in [6.45, 7) is 3.94. The topological polar surface area (TPSA) is 64.4 Å². The fourth-order valence-electron chi connectivity index (χ4n) is 3.04. The van der Waals surface area contributed by atoms with E-state index in [1.165, 1.54) is 0 Å². The molecule has 1 heterocycles. The van der Waals surface area contributed by atoms with Gasteiger partial charge in [-0.2, -0.15) is 0 Å². The summed E-state index contributed by atoms with van der Waals surface area (Å²) in [6, 6.07) is 10.9. The van der Waals surface area contributed by atoms with Gasteiger partial charge in [0.25, 0.3) is 0 Å². The molecule has 0 aliphatic heterocycles. The Balaban J connectivity index is 1.60. The number of amides is 1. The third-order valence-electron chi connectivity index (χ3n) is 4.55. The van der Waals surface area contributed by atoms with Gasteiger partial charge >= 0.3 is 0 Å². The van der Waals surface area contributed by atoms with Crippen molar-refractivity contribution in [2.75, 3.05) is 7.11 Å². The molecule has 3 aromatic rings. The van der Waals surface area contributed by atoms with Gasteiger partial charge in [0, 0.05) is 29.0 Å². The number of oxazole rings is 1. The minimum Gasteiger partial charge on any atom is -0.496 e. The number of methoxy groups -OCH3 is 1. The molecule has 0 saturated heterocycles. The van der Waals surface area contributed by atoms with E-state index in [1.807, 2.05) is 32.0 Å². The van der Waals surface area contributed by atoms with Gasteiger partial charge in [0.2, 0.25) is 5.91 Å². The molecule has 2 aromatic carbocycles. The first-order valence-electron chi connectivity index (χ1n) is 9.21. The van der Waals surface area contributed by atoms with Crippen LogP contribution in [0.3, 0.4) is 0 Å². The second-order valence-corrected chi connectivity index (χ2v) is 7.62. The molecule has 0 aliphatic carbocycles. The zero-order chi connectivity index (χ0) is 21.0. The Hall–Kier alpha value is -2.50. The molecule has 1 N–H and O–H groups in total.